The van der Waals surface area contributed by atoms with Crippen molar-refractivity contribution in [2.24, 2.45) is 0 Å². The molecular formula is C18H20N2O3. The Morgan fingerprint density at radius 1 is 1.22 bits per heavy atom. The Labute approximate surface area is 135 Å². The van der Waals surface area contributed by atoms with Gasteiger partial charge in [0.15, 0.2) is 0 Å². The van der Waals surface area contributed by atoms with Gasteiger partial charge in [0.25, 0.3) is 0 Å². The van der Waals surface area contributed by atoms with Gasteiger partial charge >= 0.3 is 6.03 Å². The highest BCUT2D eigenvalue weighted by molar-refractivity contribution is 5.90. The first-order valence-electron chi connectivity index (χ1n) is 7.64. The molecule has 0 radical (unpaired) electrons. The van der Waals surface area contributed by atoms with Crippen molar-refractivity contribution in [1.82, 2.24) is 5.32 Å². The van der Waals surface area contributed by atoms with Crippen LogP contribution >= 0.6 is 0 Å². The number of hydrogen-bond donors (Lipinski definition) is 2. The Hall–Kier alpha value is -2.53. The van der Waals surface area contributed by atoms with Crippen LogP contribution in [0.4, 0.5) is 10.5 Å². The van der Waals surface area contributed by atoms with Crippen molar-refractivity contribution in [3.63, 3.8) is 0 Å². The van der Waals surface area contributed by atoms with E-state index >= 15 is 0 Å². The van der Waals surface area contributed by atoms with Gasteiger partial charge in [0.1, 0.15) is 5.75 Å². The van der Waals surface area contributed by atoms with Gasteiger partial charge in [0.05, 0.1) is 19.3 Å². The number of hydrogen-bond acceptors (Lipinski definition) is 3. The zero-order valence-corrected chi connectivity index (χ0v) is 13.0. The molecule has 1 aliphatic rings. The third kappa shape index (κ3) is 3.63. The number of rotatable bonds is 4. The summed E-state index contributed by atoms with van der Waals surface area (Å²) in [5.41, 5.74) is 2.71. The molecule has 5 nitrogen and oxygen atoms in total. The Balaban J connectivity index is 1.69. The summed E-state index contributed by atoms with van der Waals surface area (Å²) in [6, 6.07) is 15.1. The molecular weight excluding hydrogens is 292 g/mol. The van der Waals surface area contributed by atoms with Crippen LogP contribution in [0.25, 0.3) is 0 Å². The van der Waals surface area contributed by atoms with Crippen molar-refractivity contribution in [3.8, 4) is 5.75 Å². The van der Waals surface area contributed by atoms with Crippen molar-refractivity contribution < 1.29 is 14.3 Å². The van der Waals surface area contributed by atoms with Crippen LogP contribution in [-0.2, 0) is 11.3 Å². The predicted molar refractivity (Wildman–Crippen MR) is 88.6 cm³/mol. The Morgan fingerprint density at radius 3 is 2.87 bits per heavy atom. The van der Waals surface area contributed by atoms with Crippen LogP contribution in [0.3, 0.4) is 0 Å². The number of para-hydroxylation sites is 2. The van der Waals surface area contributed by atoms with Gasteiger partial charge in [0.2, 0.25) is 0 Å². The minimum Gasteiger partial charge on any atom is -0.493 e. The topological polar surface area (TPSA) is 59.6 Å². The summed E-state index contributed by atoms with van der Waals surface area (Å²) in [5, 5.41) is 5.92. The maximum atomic E-state index is 12.3. The number of urea groups is 1. The molecule has 2 N–H and O–H groups in total. The molecule has 0 bridgehead atoms. The van der Waals surface area contributed by atoms with E-state index in [1.807, 2.05) is 48.5 Å². The Morgan fingerprint density at radius 2 is 2.00 bits per heavy atom. The minimum atomic E-state index is -0.227. The quantitative estimate of drug-likeness (QED) is 0.908. The average Bonchev–Trinajstić information content (AvgIpc) is 2.57. The number of anilines is 1. The molecule has 0 aromatic heterocycles. The van der Waals surface area contributed by atoms with Gasteiger partial charge in [-0.05, 0) is 12.1 Å². The molecule has 2 aromatic carbocycles. The summed E-state index contributed by atoms with van der Waals surface area (Å²) < 4.78 is 10.8. The van der Waals surface area contributed by atoms with Gasteiger partial charge in [-0.25, -0.2) is 4.79 Å². The van der Waals surface area contributed by atoms with E-state index in [1.165, 1.54) is 0 Å². The van der Waals surface area contributed by atoms with E-state index < -0.39 is 0 Å². The lowest BCUT2D eigenvalue weighted by Gasteiger charge is -2.26. The van der Waals surface area contributed by atoms with Gasteiger partial charge < -0.3 is 20.1 Å². The predicted octanol–water partition coefficient (Wildman–Crippen LogP) is 3.48. The minimum absolute atomic E-state index is 0.0467. The van der Waals surface area contributed by atoms with Crippen LogP contribution < -0.4 is 15.4 Å². The van der Waals surface area contributed by atoms with Gasteiger partial charge in [0, 0.05) is 30.3 Å². The standard InChI is InChI=1S/C18H20N2O3/c1-22-12-13-6-2-4-8-15(13)19-18(21)20-16-10-11-23-17-9-5-3-7-14(16)17/h2-9,16H,10-12H2,1H3,(H2,19,20,21)/t16-/m1/s1. The first kappa shape index (κ1) is 15.4. The third-order valence-corrected chi connectivity index (χ3v) is 3.83. The highest BCUT2D eigenvalue weighted by Gasteiger charge is 2.22. The molecule has 3 rings (SSSR count). The largest absolute Gasteiger partial charge is 0.493 e. The maximum Gasteiger partial charge on any atom is 0.319 e. The van der Waals surface area contributed by atoms with E-state index in [-0.39, 0.29) is 12.1 Å². The number of fused-ring (bicyclic) bond motifs is 1. The van der Waals surface area contributed by atoms with Crippen molar-refractivity contribution in [3.05, 3.63) is 59.7 Å². The normalized spacial score (nSPS) is 16.1. The monoisotopic (exact) mass is 312 g/mol. The molecule has 0 saturated heterocycles. The molecule has 0 fully saturated rings. The first-order valence-corrected chi connectivity index (χ1v) is 7.64. The summed E-state index contributed by atoms with van der Waals surface area (Å²) in [4.78, 5) is 12.3. The number of carbonyl (C=O) groups excluding carboxylic acids is 1. The fraction of sp³-hybridized carbons (Fsp3) is 0.278. The van der Waals surface area contributed by atoms with E-state index in [2.05, 4.69) is 10.6 Å². The molecule has 1 heterocycles. The molecule has 0 spiro atoms. The molecule has 0 unspecified atom stereocenters. The summed E-state index contributed by atoms with van der Waals surface area (Å²) in [5.74, 6) is 0.837. The van der Waals surface area contributed by atoms with Crippen LogP contribution in [0.1, 0.15) is 23.6 Å². The average molecular weight is 312 g/mol. The van der Waals surface area contributed by atoms with Crippen LogP contribution in [0.5, 0.6) is 5.75 Å². The number of amides is 2. The number of benzene rings is 2. The van der Waals surface area contributed by atoms with Gasteiger partial charge in [-0.2, -0.15) is 0 Å². The zero-order chi connectivity index (χ0) is 16.1. The summed E-state index contributed by atoms with van der Waals surface area (Å²) in [7, 11) is 1.63. The molecule has 1 atom stereocenters. The third-order valence-electron chi connectivity index (χ3n) is 3.83. The van der Waals surface area contributed by atoms with E-state index in [9.17, 15) is 4.79 Å². The second-order valence-electron chi connectivity index (χ2n) is 5.42. The fourth-order valence-electron chi connectivity index (χ4n) is 2.73. The zero-order valence-electron chi connectivity index (χ0n) is 13.0. The molecule has 5 heteroatoms. The smallest absolute Gasteiger partial charge is 0.319 e. The van der Waals surface area contributed by atoms with Crippen molar-refractivity contribution in [2.75, 3.05) is 19.0 Å². The van der Waals surface area contributed by atoms with E-state index in [0.29, 0.717) is 13.2 Å². The second kappa shape index (κ2) is 7.15. The lowest BCUT2D eigenvalue weighted by Crippen LogP contribution is -2.35. The van der Waals surface area contributed by atoms with Crippen LogP contribution in [0.2, 0.25) is 0 Å². The molecule has 0 saturated carbocycles. The molecule has 2 aromatic rings. The van der Waals surface area contributed by atoms with Crippen LogP contribution in [0.15, 0.2) is 48.5 Å². The molecule has 120 valence electrons. The van der Waals surface area contributed by atoms with Gasteiger partial charge in [-0.3, -0.25) is 0 Å². The molecule has 0 aliphatic carbocycles. The van der Waals surface area contributed by atoms with Gasteiger partial charge in [-0.15, -0.1) is 0 Å². The van der Waals surface area contributed by atoms with Crippen molar-refractivity contribution in [1.29, 1.82) is 0 Å². The summed E-state index contributed by atoms with van der Waals surface area (Å²) >= 11 is 0. The van der Waals surface area contributed by atoms with Gasteiger partial charge in [-0.1, -0.05) is 36.4 Å². The lowest BCUT2D eigenvalue weighted by molar-refractivity contribution is 0.185. The first-order chi connectivity index (χ1) is 11.3. The lowest BCUT2D eigenvalue weighted by atomic mass is 10.0. The highest BCUT2D eigenvalue weighted by Crippen LogP contribution is 2.31. The van der Waals surface area contributed by atoms with Crippen molar-refractivity contribution >= 4 is 11.7 Å². The number of carbonyl (C=O) groups is 1. The Bertz CT molecular complexity index is 687. The second-order valence-corrected chi connectivity index (χ2v) is 5.42. The van der Waals surface area contributed by atoms with Crippen molar-refractivity contribution in [2.45, 2.75) is 19.1 Å². The summed E-state index contributed by atoms with van der Waals surface area (Å²) in [6.07, 6.45) is 0.754. The fourth-order valence-corrected chi connectivity index (χ4v) is 2.73. The SMILES string of the molecule is COCc1ccccc1NC(=O)N[C@@H]1CCOc2ccccc21. The van der Waals surface area contributed by atoms with E-state index in [1.54, 1.807) is 7.11 Å². The molecule has 1 aliphatic heterocycles. The van der Waals surface area contributed by atoms with E-state index in [4.69, 9.17) is 9.47 Å². The van der Waals surface area contributed by atoms with Crippen LogP contribution in [0, 0.1) is 0 Å². The highest BCUT2D eigenvalue weighted by atomic mass is 16.5. The Kier molecular flexibility index (Phi) is 4.78. The summed E-state index contributed by atoms with van der Waals surface area (Å²) in [6.45, 7) is 1.05. The van der Waals surface area contributed by atoms with Crippen LogP contribution in [-0.4, -0.2) is 19.7 Å². The molecule has 23 heavy (non-hydrogen) atoms. The van der Waals surface area contributed by atoms with E-state index in [0.717, 1.165) is 29.0 Å². The maximum absolute atomic E-state index is 12.3. The number of methoxy groups -OCH3 is 1. The number of nitrogens with one attached hydrogen (secondary N) is 2. The number of ether oxygens (including phenoxy) is 2. The molecule has 2 amide bonds.